The third kappa shape index (κ3) is 1.98. The Kier molecular flexibility index (Phi) is 2.93. The molecular weight excluding hydrogens is 258 g/mol. The highest BCUT2D eigenvalue weighted by atomic mass is 79.9. The summed E-state index contributed by atoms with van der Waals surface area (Å²) in [5.41, 5.74) is 1.92. The maximum atomic E-state index is 5.21. The molecule has 15 heavy (non-hydrogen) atoms. The van der Waals surface area contributed by atoms with E-state index in [1.165, 1.54) is 0 Å². The van der Waals surface area contributed by atoms with Crippen molar-refractivity contribution in [3.05, 3.63) is 22.4 Å². The maximum Gasteiger partial charge on any atom is 0.135 e. The lowest BCUT2D eigenvalue weighted by molar-refractivity contribution is 0.412. The van der Waals surface area contributed by atoms with Crippen molar-refractivity contribution >= 4 is 27.0 Å². The van der Waals surface area contributed by atoms with E-state index in [4.69, 9.17) is 4.74 Å². The first-order chi connectivity index (χ1) is 7.24. The number of aromatic amines is 1. The summed E-state index contributed by atoms with van der Waals surface area (Å²) in [5.74, 6) is 1.73. The maximum absolute atomic E-state index is 5.21. The summed E-state index contributed by atoms with van der Waals surface area (Å²) in [6.45, 7) is 0.731. The van der Waals surface area contributed by atoms with Crippen molar-refractivity contribution in [1.29, 1.82) is 0 Å². The minimum absolute atomic E-state index is 0.731. The second-order valence-corrected chi connectivity index (χ2v) is 4.07. The number of H-pyrrole nitrogens is 1. The van der Waals surface area contributed by atoms with Crippen LogP contribution in [0.5, 0.6) is 5.75 Å². The third-order valence-electron chi connectivity index (χ3n) is 2.15. The van der Waals surface area contributed by atoms with Crippen molar-refractivity contribution in [3.63, 3.8) is 0 Å². The summed E-state index contributed by atoms with van der Waals surface area (Å²) < 4.78 is 6.13. The fraction of sp³-hybridized carbons (Fsp3) is 0.300. The van der Waals surface area contributed by atoms with Crippen molar-refractivity contribution in [2.45, 2.75) is 6.54 Å². The van der Waals surface area contributed by atoms with Crippen molar-refractivity contribution < 1.29 is 4.74 Å². The summed E-state index contributed by atoms with van der Waals surface area (Å²) >= 11 is 3.43. The highest BCUT2D eigenvalue weighted by Crippen LogP contribution is 2.28. The molecule has 0 spiro atoms. The van der Waals surface area contributed by atoms with E-state index >= 15 is 0 Å². The molecule has 0 amide bonds. The molecule has 1 aromatic carbocycles. The fourth-order valence-corrected chi connectivity index (χ4v) is 1.97. The average Bonchev–Trinajstić information content (AvgIpc) is 2.58. The van der Waals surface area contributed by atoms with Gasteiger partial charge in [0.25, 0.3) is 0 Å². The first-order valence-corrected chi connectivity index (χ1v) is 5.40. The highest BCUT2D eigenvalue weighted by molar-refractivity contribution is 9.10. The molecule has 1 aromatic heterocycles. The van der Waals surface area contributed by atoms with Crippen LogP contribution in [-0.2, 0) is 6.54 Å². The first-order valence-electron chi connectivity index (χ1n) is 4.61. The quantitative estimate of drug-likeness (QED) is 0.897. The van der Waals surface area contributed by atoms with E-state index < -0.39 is 0 Å². The summed E-state index contributed by atoms with van der Waals surface area (Å²) in [7, 11) is 3.54. The lowest BCUT2D eigenvalue weighted by Gasteiger charge is -2.01. The predicted octanol–water partition coefficient (Wildman–Crippen LogP) is 2.05. The molecule has 5 heteroatoms. The molecular formula is C10H12BrN3O. The molecule has 0 aliphatic heterocycles. The molecule has 0 aliphatic carbocycles. The van der Waals surface area contributed by atoms with Gasteiger partial charge in [-0.2, -0.15) is 0 Å². The number of benzene rings is 1. The molecule has 0 atom stereocenters. The number of ether oxygens (including phenoxy) is 1. The van der Waals surface area contributed by atoms with Crippen molar-refractivity contribution in [2.75, 3.05) is 14.2 Å². The van der Waals surface area contributed by atoms with Crippen molar-refractivity contribution in [1.82, 2.24) is 15.3 Å². The highest BCUT2D eigenvalue weighted by Gasteiger charge is 2.06. The molecule has 2 aromatic rings. The van der Waals surface area contributed by atoms with Crippen LogP contribution in [0.15, 0.2) is 16.6 Å². The minimum Gasteiger partial charge on any atom is -0.495 e. The summed E-state index contributed by atoms with van der Waals surface area (Å²) in [4.78, 5) is 7.66. The molecule has 0 fully saturated rings. The lowest BCUT2D eigenvalue weighted by atomic mass is 10.3. The average molecular weight is 270 g/mol. The normalized spacial score (nSPS) is 10.9. The van der Waals surface area contributed by atoms with Crippen LogP contribution in [0.4, 0.5) is 0 Å². The molecule has 4 nitrogen and oxygen atoms in total. The van der Waals surface area contributed by atoms with Gasteiger partial charge in [-0.1, -0.05) is 0 Å². The Bertz CT molecular complexity index is 481. The van der Waals surface area contributed by atoms with Gasteiger partial charge in [-0.05, 0) is 29.0 Å². The molecule has 1 heterocycles. The van der Waals surface area contributed by atoms with Gasteiger partial charge in [0.2, 0.25) is 0 Å². The van der Waals surface area contributed by atoms with Gasteiger partial charge in [-0.25, -0.2) is 4.98 Å². The number of nitrogens with one attached hydrogen (secondary N) is 2. The second kappa shape index (κ2) is 4.20. The molecule has 2 rings (SSSR count). The SMILES string of the molecule is CNCc1nc2cc(Br)c(OC)cc2[nH]1. The Morgan fingerprint density at radius 3 is 3.00 bits per heavy atom. The molecule has 2 N–H and O–H groups in total. The number of imidazole rings is 1. The van der Waals surface area contributed by atoms with E-state index in [0.717, 1.165) is 33.6 Å². The number of hydrogen-bond acceptors (Lipinski definition) is 3. The van der Waals surface area contributed by atoms with Crippen molar-refractivity contribution in [3.8, 4) is 5.75 Å². The standard InChI is InChI=1S/C10H12BrN3O/c1-12-5-10-13-7-3-6(11)9(15-2)4-8(7)14-10/h3-4,12H,5H2,1-2H3,(H,13,14). The van der Waals surface area contributed by atoms with Gasteiger partial charge >= 0.3 is 0 Å². The molecule has 0 aliphatic rings. The van der Waals surface area contributed by atoms with Gasteiger partial charge in [0.15, 0.2) is 0 Å². The van der Waals surface area contributed by atoms with Crippen LogP contribution in [0.2, 0.25) is 0 Å². The summed E-state index contributed by atoms with van der Waals surface area (Å²) in [5, 5.41) is 3.05. The van der Waals surface area contributed by atoms with Gasteiger partial charge in [0.1, 0.15) is 11.6 Å². The van der Waals surface area contributed by atoms with Gasteiger partial charge < -0.3 is 15.0 Å². The number of hydrogen-bond donors (Lipinski definition) is 2. The number of methoxy groups -OCH3 is 1. The second-order valence-electron chi connectivity index (χ2n) is 3.22. The third-order valence-corrected chi connectivity index (χ3v) is 2.77. The van der Waals surface area contributed by atoms with Crippen LogP contribution in [0.3, 0.4) is 0 Å². The summed E-state index contributed by atoms with van der Waals surface area (Å²) in [6, 6.07) is 3.88. The smallest absolute Gasteiger partial charge is 0.135 e. The van der Waals surface area contributed by atoms with E-state index in [1.807, 2.05) is 19.2 Å². The van der Waals surface area contributed by atoms with Crippen molar-refractivity contribution in [2.24, 2.45) is 0 Å². The monoisotopic (exact) mass is 269 g/mol. The number of halogens is 1. The number of nitrogens with zero attached hydrogens (tertiary/aromatic N) is 1. The van der Waals surface area contributed by atoms with Crippen LogP contribution in [0, 0.1) is 0 Å². The Hall–Kier alpha value is -1.07. The van der Waals surface area contributed by atoms with E-state index in [2.05, 4.69) is 31.2 Å². The molecule has 0 bridgehead atoms. The van der Waals surface area contributed by atoms with Crippen LogP contribution < -0.4 is 10.1 Å². The predicted molar refractivity (Wildman–Crippen MR) is 63.1 cm³/mol. The molecule has 80 valence electrons. The number of rotatable bonds is 3. The Morgan fingerprint density at radius 1 is 1.53 bits per heavy atom. The molecule has 0 radical (unpaired) electrons. The van der Waals surface area contributed by atoms with Gasteiger partial charge in [0.05, 0.1) is 29.2 Å². The van der Waals surface area contributed by atoms with Crippen LogP contribution in [0.25, 0.3) is 11.0 Å². The van der Waals surface area contributed by atoms with Crippen LogP contribution in [-0.4, -0.2) is 24.1 Å². The van der Waals surface area contributed by atoms with Crippen LogP contribution in [0.1, 0.15) is 5.82 Å². The Labute approximate surface area is 96.2 Å². The van der Waals surface area contributed by atoms with E-state index in [0.29, 0.717) is 0 Å². The molecule has 0 unspecified atom stereocenters. The van der Waals surface area contributed by atoms with Gasteiger partial charge in [0, 0.05) is 6.07 Å². The minimum atomic E-state index is 0.731. The van der Waals surface area contributed by atoms with E-state index in [9.17, 15) is 0 Å². The van der Waals surface area contributed by atoms with Crippen LogP contribution >= 0.6 is 15.9 Å². The van der Waals surface area contributed by atoms with Gasteiger partial charge in [-0.3, -0.25) is 0 Å². The molecule has 0 saturated carbocycles. The zero-order valence-corrected chi connectivity index (χ0v) is 10.2. The Balaban J connectivity index is 2.51. The zero-order valence-electron chi connectivity index (χ0n) is 8.60. The Morgan fingerprint density at radius 2 is 2.33 bits per heavy atom. The summed E-state index contributed by atoms with van der Waals surface area (Å²) in [6.07, 6.45) is 0. The number of aromatic nitrogens is 2. The topological polar surface area (TPSA) is 49.9 Å². The van der Waals surface area contributed by atoms with E-state index in [1.54, 1.807) is 7.11 Å². The largest absolute Gasteiger partial charge is 0.495 e. The first kappa shape index (κ1) is 10.4. The zero-order chi connectivity index (χ0) is 10.8. The van der Waals surface area contributed by atoms with E-state index in [-0.39, 0.29) is 0 Å². The van der Waals surface area contributed by atoms with Gasteiger partial charge in [-0.15, -0.1) is 0 Å². The number of fused-ring (bicyclic) bond motifs is 1. The lowest BCUT2D eigenvalue weighted by Crippen LogP contribution is -2.06. The fourth-order valence-electron chi connectivity index (χ4n) is 1.47. The molecule has 0 saturated heterocycles.